The highest BCUT2D eigenvalue weighted by Gasteiger charge is 2.42. The third-order valence-electron chi connectivity index (χ3n) is 7.44. The summed E-state index contributed by atoms with van der Waals surface area (Å²) < 4.78 is 5.48. The highest BCUT2D eigenvalue weighted by Crippen LogP contribution is 2.54. The number of carbonyl (C=O) groups excluding carboxylic acids is 1. The van der Waals surface area contributed by atoms with E-state index in [0.717, 1.165) is 31.5 Å². The molecule has 2 aliphatic rings. The van der Waals surface area contributed by atoms with Crippen molar-refractivity contribution in [1.82, 2.24) is 4.90 Å². The molecule has 1 aliphatic carbocycles. The third-order valence-corrected chi connectivity index (χ3v) is 7.44. The van der Waals surface area contributed by atoms with E-state index in [1.54, 1.807) is 0 Å². The van der Waals surface area contributed by atoms with Gasteiger partial charge in [-0.05, 0) is 48.1 Å². The van der Waals surface area contributed by atoms with E-state index in [4.69, 9.17) is 4.74 Å². The monoisotopic (exact) mass is 419 g/mol. The van der Waals surface area contributed by atoms with E-state index >= 15 is 0 Å². The molecule has 0 radical (unpaired) electrons. The van der Waals surface area contributed by atoms with E-state index in [9.17, 15) is 4.79 Å². The van der Waals surface area contributed by atoms with Crippen LogP contribution in [0.3, 0.4) is 0 Å². The number of carbonyl (C=O) groups is 1. The van der Waals surface area contributed by atoms with Crippen molar-refractivity contribution >= 4 is 5.78 Å². The van der Waals surface area contributed by atoms with Crippen molar-refractivity contribution in [1.29, 1.82) is 0 Å². The fourth-order valence-corrected chi connectivity index (χ4v) is 5.60. The first kappa shape index (κ1) is 22.2. The second-order valence-corrected chi connectivity index (χ2v) is 9.28. The summed E-state index contributed by atoms with van der Waals surface area (Å²) in [6, 6.07) is 15.4. The number of fused-ring (bicyclic) bond motifs is 3. The molecule has 0 bridgehead atoms. The lowest BCUT2D eigenvalue weighted by atomic mass is 9.70. The van der Waals surface area contributed by atoms with Gasteiger partial charge >= 0.3 is 0 Å². The Morgan fingerprint density at radius 3 is 2.29 bits per heavy atom. The predicted octanol–water partition coefficient (Wildman–Crippen LogP) is 6.24. The summed E-state index contributed by atoms with van der Waals surface area (Å²) in [6.45, 7) is 9.71. The Balaban J connectivity index is 1.75. The molecule has 166 valence electrons. The molecule has 0 N–H and O–H groups in total. The zero-order valence-electron chi connectivity index (χ0n) is 19.5. The SMILES string of the molecule is CCCCC1(CCCC)c2ccccc2-c2ccc(C(=O)C(C)N3CCOCC3)cc21. The number of hydrogen-bond donors (Lipinski definition) is 0. The second-order valence-electron chi connectivity index (χ2n) is 9.28. The van der Waals surface area contributed by atoms with Gasteiger partial charge in [-0.15, -0.1) is 0 Å². The minimum absolute atomic E-state index is 0.0381. The Bertz CT molecular complexity index is 905. The number of unbranched alkanes of at least 4 members (excludes halogenated alkanes) is 2. The van der Waals surface area contributed by atoms with Crippen LogP contribution in [0.25, 0.3) is 11.1 Å². The van der Waals surface area contributed by atoms with Crippen molar-refractivity contribution in [3.8, 4) is 11.1 Å². The Morgan fingerprint density at radius 2 is 1.61 bits per heavy atom. The van der Waals surface area contributed by atoms with Gasteiger partial charge in [0.1, 0.15) is 0 Å². The molecule has 4 rings (SSSR count). The van der Waals surface area contributed by atoms with Crippen LogP contribution in [0.4, 0.5) is 0 Å². The van der Waals surface area contributed by atoms with Gasteiger partial charge in [0.2, 0.25) is 0 Å². The molecule has 1 aliphatic heterocycles. The standard InChI is InChI=1S/C28H37NO2/c1-4-6-14-28(15-7-5-2)25-11-9-8-10-23(25)24-13-12-22(20-26(24)28)27(30)21(3)29-16-18-31-19-17-29/h8-13,20-21H,4-7,14-19H2,1-3H3. The van der Waals surface area contributed by atoms with Crippen molar-refractivity contribution in [2.75, 3.05) is 26.3 Å². The second kappa shape index (κ2) is 9.67. The first-order chi connectivity index (χ1) is 15.1. The maximum Gasteiger partial charge on any atom is 0.179 e. The van der Waals surface area contributed by atoms with E-state index in [1.807, 2.05) is 0 Å². The zero-order chi connectivity index (χ0) is 21.8. The molecule has 1 saturated heterocycles. The third kappa shape index (κ3) is 4.10. The van der Waals surface area contributed by atoms with Crippen LogP contribution in [0.2, 0.25) is 0 Å². The van der Waals surface area contributed by atoms with Crippen LogP contribution in [-0.4, -0.2) is 43.0 Å². The van der Waals surface area contributed by atoms with E-state index in [1.165, 1.54) is 47.9 Å². The average Bonchev–Trinajstić information content (AvgIpc) is 3.10. The molecule has 1 atom stereocenters. The van der Waals surface area contributed by atoms with Crippen LogP contribution in [-0.2, 0) is 10.2 Å². The molecule has 31 heavy (non-hydrogen) atoms. The molecule has 0 aromatic heterocycles. The van der Waals surface area contributed by atoms with Crippen molar-refractivity contribution in [2.45, 2.75) is 70.8 Å². The summed E-state index contributed by atoms with van der Waals surface area (Å²) >= 11 is 0. The largest absolute Gasteiger partial charge is 0.379 e. The number of ketones is 1. The fourth-order valence-electron chi connectivity index (χ4n) is 5.60. The number of Topliss-reactive ketones (excluding diaryl/α,β-unsaturated/α-hetero) is 1. The summed E-state index contributed by atoms with van der Waals surface area (Å²) in [5, 5.41) is 0. The Morgan fingerprint density at radius 1 is 0.968 bits per heavy atom. The minimum atomic E-state index is -0.105. The summed E-state index contributed by atoms with van der Waals surface area (Å²) in [5.41, 5.74) is 6.45. The molecule has 3 heteroatoms. The Hall–Kier alpha value is -1.97. The highest BCUT2D eigenvalue weighted by atomic mass is 16.5. The number of hydrogen-bond acceptors (Lipinski definition) is 3. The first-order valence-corrected chi connectivity index (χ1v) is 12.2. The average molecular weight is 420 g/mol. The van der Waals surface area contributed by atoms with E-state index in [-0.39, 0.29) is 17.2 Å². The number of benzene rings is 2. The van der Waals surface area contributed by atoms with Crippen molar-refractivity contribution in [2.24, 2.45) is 0 Å². The van der Waals surface area contributed by atoms with E-state index in [0.29, 0.717) is 13.2 Å². The Kier molecular flexibility index (Phi) is 6.93. The molecular weight excluding hydrogens is 382 g/mol. The topological polar surface area (TPSA) is 29.5 Å². The van der Waals surface area contributed by atoms with E-state index in [2.05, 4.69) is 68.1 Å². The predicted molar refractivity (Wildman–Crippen MR) is 128 cm³/mol. The van der Waals surface area contributed by atoms with Crippen LogP contribution in [0, 0.1) is 0 Å². The lowest BCUT2D eigenvalue weighted by Crippen LogP contribution is -2.45. The number of ether oxygens (including phenoxy) is 1. The zero-order valence-corrected chi connectivity index (χ0v) is 19.5. The molecule has 0 saturated carbocycles. The van der Waals surface area contributed by atoms with Crippen LogP contribution in [0.1, 0.15) is 80.8 Å². The van der Waals surface area contributed by atoms with Crippen molar-refractivity contribution in [3.63, 3.8) is 0 Å². The summed E-state index contributed by atoms with van der Waals surface area (Å²) in [4.78, 5) is 15.7. The maximum absolute atomic E-state index is 13.5. The summed E-state index contributed by atoms with van der Waals surface area (Å²) in [6.07, 6.45) is 7.12. The van der Waals surface area contributed by atoms with Crippen LogP contribution < -0.4 is 0 Å². The van der Waals surface area contributed by atoms with Gasteiger partial charge in [-0.3, -0.25) is 9.69 Å². The molecule has 1 unspecified atom stereocenters. The molecule has 0 spiro atoms. The fraction of sp³-hybridized carbons (Fsp3) is 0.536. The summed E-state index contributed by atoms with van der Waals surface area (Å²) in [7, 11) is 0. The van der Waals surface area contributed by atoms with Gasteiger partial charge < -0.3 is 4.74 Å². The molecule has 2 aromatic rings. The smallest absolute Gasteiger partial charge is 0.179 e. The number of rotatable bonds is 9. The maximum atomic E-state index is 13.5. The quantitative estimate of drug-likeness (QED) is 0.451. The Labute approximate surface area is 187 Å². The molecule has 2 aromatic carbocycles. The lowest BCUT2D eigenvalue weighted by Gasteiger charge is -2.33. The van der Waals surface area contributed by atoms with Gasteiger partial charge in [-0.1, -0.05) is 75.9 Å². The van der Waals surface area contributed by atoms with Crippen LogP contribution in [0.15, 0.2) is 42.5 Å². The first-order valence-electron chi connectivity index (χ1n) is 12.2. The molecule has 3 nitrogen and oxygen atoms in total. The number of morpholine rings is 1. The molecule has 1 heterocycles. The minimum Gasteiger partial charge on any atom is -0.379 e. The van der Waals surface area contributed by atoms with Crippen molar-refractivity contribution in [3.05, 3.63) is 59.2 Å². The summed E-state index contributed by atoms with van der Waals surface area (Å²) in [5.74, 6) is 0.237. The van der Waals surface area contributed by atoms with Gasteiger partial charge in [0, 0.05) is 24.1 Å². The lowest BCUT2D eigenvalue weighted by molar-refractivity contribution is 0.0208. The van der Waals surface area contributed by atoms with Gasteiger partial charge in [-0.2, -0.15) is 0 Å². The van der Waals surface area contributed by atoms with Crippen molar-refractivity contribution < 1.29 is 9.53 Å². The van der Waals surface area contributed by atoms with Crippen LogP contribution >= 0.6 is 0 Å². The van der Waals surface area contributed by atoms with Gasteiger partial charge in [0.25, 0.3) is 0 Å². The highest BCUT2D eigenvalue weighted by molar-refractivity contribution is 6.01. The molecule has 0 amide bonds. The molecule has 1 fully saturated rings. The van der Waals surface area contributed by atoms with E-state index < -0.39 is 0 Å². The molecular formula is C28H37NO2. The normalized spacial score (nSPS) is 18.4. The van der Waals surface area contributed by atoms with Gasteiger partial charge in [0.15, 0.2) is 5.78 Å². The number of nitrogens with zero attached hydrogens (tertiary/aromatic N) is 1. The van der Waals surface area contributed by atoms with Crippen LogP contribution in [0.5, 0.6) is 0 Å². The van der Waals surface area contributed by atoms with Gasteiger partial charge in [0.05, 0.1) is 19.3 Å². The van der Waals surface area contributed by atoms with Gasteiger partial charge in [-0.25, -0.2) is 0 Å².